The van der Waals surface area contributed by atoms with Gasteiger partial charge in [-0.25, -0.2) is 9.78 Å². The third-order valence-electron chi connectivity index (χ3n) is 5.95. The SMILES string of the molecule is CC(C)NC(=O)N(C)C[C@@H]1Oc2c(NC(=O)c3cnccn3)cccc2C(=O)N([C@@H](C)CO)C[C@@H]1C. The van der Waals surface area contributed by atoms with E-state index in [-0.39, 0.29) is 54.1 Å². The number of hydrogen-bond donors (Lipinski definition) is 3. The third-order valence-corrected chi connectivity index (χ3v) is 5.95. The van der Waals surface area contributed by atoms with E-state index >= 15 is 0 Å². The van der Waals surface area contributed by atoms with Crippen LogP contribution in [0, 0.1) is 5.92 Å². The zero-order valence-corrected chi connectivity index (χ0v) is 21.3. The van der Waals surface area contributed by atoms with Gasteiger partial charge in [-0.15, -0.1) is 0 Å². The maximum Gasteiger partial charge on any atom is 0.317 e. The standard InChI is InChI=1S/C25H34N6O5/c1-15(2)28-25(35)30(5)13-21-16(3)12-31(17(4)14-32)24(34)18-7-6-8-19(22(18)36-21)29-23(33)20-11-26-9-10-27-20/h6-11,15-17,21,32H,12-14H2,1-5H3,(H,28,35)(H,29,33)/t16-,17-,21-/m0/s1. The smallest absolute Gasteiger partial charge is 0.317 e. The van der Waals surface area contributed by atoms with Crippen LogP contribution in [0.2, 0.25) is 0 Å². The molecular formula is C25H34N6O5. The molecule has 4 amide bonds. The first-order valence-corrected chi connectivity index (χ1v) is 11.9. The van der Waals surface area contributed by atoms with Gasteiger partial charge in [0.05, 0.1) is 36.6 Å². The summed E-state index contributed by atoms with van der Waals surface area (Å²) >= 11 is 0. The van der Waals surface area contributed by atoms with Gasteiger partial charge in [-0.05, 0) is 32.9 Å². The Morgan fingerprint density at radius 3 is 2.67 bits per heavy atom. The number of para-hydroxylation sites is 1. The summed E-state index contributed by atoms with van der Waals surface area (Å²) in [7, 11) is 1.68. The van der Waals surface area contributed by atoms with Crippen molar-refractivity contribution in [2.45, 2.75) is 45.9 Å². The second kappa shape index (κ2) is 11.8. The van der Waals surface area contributed by atoms with Crippen LogP contribution in [-0.4, -0.2) is 87.7 Å². The fourth-order valence-electron chi connectivity index (χ4n) is 3.87. The number of aliphatic hydroxyl groups excluding tert-OH is 1. The molecule has 0 saturated heterocycles. The fourth-order valence-corrected chi connectivity index (χ4v) is 3.87. The van der Waals surface area contributed by atoms with Crippen molar-refractivity contribution >= 4 is 23.5 Å². The highest BCUT2D eigenvalue weighted by molar-refractivity contribution is 6.06. The number of amides is 4. The molecule has 2 heterocycles. The Morgan fingerprint density at radius 2 is 2.03 bits per heavy atom. The van der Waals surface area contributed by atoms with Gasteiger partial charge in [-0.2, -0.15) is 0 Å². The molecule has 11 heteroatoms. The maximum absolute atomic E-state index is 13.5. The number of rotatable bonds is 7. The van der Waals surface area contributed by atoms with E-state index in [1.807, 2.05) is 20.8 Å². The minimum absolute atomic E-state index is 0.0298. The molecule has 0 unspecified atom stereocenters. The summed E-state index contributed by atoms with van der Waals surface area (Å²) in [4.78, 5) is 50.0. The molecule has 194 valence electrons. The van der Waals surface area contributed by atoms with E-state index in [4.69, 9.17) is 4.74 Å². The lowest BCUT2D eigenvalue weighted by atomic mass is 9.99. The van der Waals surface area contributed by atoms with Gasteiger partial charge < -0.3 is 30.3 Å². The highest BCUT2D eigenvalue weighted by Gasteiger charge is 2.35. The largest absolute Gasteiger partial charge is 0.485 e. The van der Waals surface area contributed by atoms with Gasteiger partial charge >= 0.3 is 6.03 Å². The zero-order chi connectivity index (χ0) is 26.4. The summed E-state index contributed by atoms with van der Waals surface area (Å²) in [6, 6.07) is 4.19. The molecule has 0 aliphatic carbocycles. The molecule has 1 aromatic carbocycles. The van der Waals surface area contributed by atoms with E-state index in [0.29, 0.717) is 12.2 Å². The second-order valence-corrected chi connectivity index (χ2v) is 9.33. The number of urea groups is 1. The van der Waals surface area contributed by atoms with Crippen LogP contribution in [0.4, 0.5) is 10.5 Å². The van der Waals surface area contributed by atoms with Crippen LogP contribution in [0.15, 0.2) is 36.8 Å². The van der Waals surface area contributed by atoms with Gasteiger partial charge in [0, 0.05) is 37.9 Å². The van der Waals surface area contributed by atoms with Crippen molar-refractivity contribution in [3.8, 4) is 5.75 Å². The normalized spacial score (nSPS) is 18.4. The second-order valence-electron chi connectivity index (χ2n) is 9.33. The van der Waals surface area contributed by atoms with Gasteiger partial charge in [-0.3, -0.25) is 14.6 Å². The van der Waals surface area contributed by atoms with Crippen molar-refractivity contribution < 1.29 is 24.2 Å². The Bertz CT molecular complexity index is 1080. The Kier molecular flexibility index (Phi) is 8.81. The number of likely N-dealkylation sites (N-methyl/N-ethyl adjacent to an activating group) is 1. The number of nitrogens with zero attached hydrogens (tertiary/aromatic N) is 4. The lowest BCUT2D eigenvalue weighted by Crippen LogP contribution is -2.51. The molecule has 36 heavy (non-hydrogen) atoms. The number of carbonyl (C=O) groups excluding carboxylic acids is 3. The van der Waals surface area contributed by atoms with Crippen LogP contribution in [-0.2, 0) is 0 Å². The number of ether oxygens (including phenoxy) is 1. The predicted molar refractivity (Wildman–Crippen MR) is 134 cm³/mol. The van der Waals surface area contributed by atoms with Crippen molar-refractivity contribution in [2.24, 2.45) is 5.92 Å². The molecule has 1 aliphatic rings. The molecule has 0 fully saturated rings. The predicted octanol–water partition coefficient (Wildman–Crippen LogP) is 2.00. The Balaban J connectivity index is 2.00. The third kappa shape index (κ3) is 6.28. The average molecular weight is 499 g/mol. The molecular weight excluding hydrogens is 464 g/mol. The molecule has 0 saturated carbocycles. The van der Waals surface area contributed by atoms with Crippen LogP contribution in [0.5, 0.6) is 5.75 Å². The van der Waals surface area contributed by atoms with E-state index in [1.54, 1.807) is 37.1 Å². The maximum atomic E-state index is 13.5. The van der Waals surface area contributed by atoms with Crippen LogP contribution >= 0.6 is 0 Å². The minimum Gasteiger partial charge on any atom is -0.485 e. The van der Waals surface area contributed by atoms with E-state index < -0.39 is 18.1 Å². The number of hydrogen-bond acceptors (Lipinski definition) is 7. The summed E-state index contributed by atoms with van der Waals surface area (Å²) in [5.74, 6) is -0.829. The van der Waals surface area contributed by atoms with Gasteiger partial charge in [0.2, 0.25) is 0 Å². The lowest BCUT2D eigenvalue weighted by Gasteiger charge is -2.38. The summed E-state index contributed by atoms with van der Waals surface area (Å²) in [6.45, 7) is 7.80. The zero-order valence-electron chi connectivity index (χ0n) is 21.3. The number of benzene rings is 1. The van der Waals surface area contributed by atoms with Crippen LogP contribution < -0.4 is 15.4 Å². The molecule has 0 spiro atoms. The van der Waals surface area contributed by atoms with E-state index in [1.165, 1.54) is 23.5 Å². The number of anilines is 1. The van der Waals surface area contributed by atoms with E-state index in [0.717, 1.165) is 0 Å². The molecule has 3 rings (SSSR count). The van der Waals surface area contributed by atoms with E-state index in [2.05, 4.69) is 20.6 Å². The monoisotopic (exact) mass is 498 g/mol. The van der Waals surface area contributed by atoms with Gasteiger partial charge in [-0.1, -0.05) is 13.0 Å². The Morgan fingerprint density at radius 1 is 1.28 bits per heavy atom. The summed E-state index contributed by atoms with van der Waals surface area (Å²) in [6.07, 6.45) is 3.70. The molecule has 11 nitrogen and oxygen atoms in total. The molecule has 0 radical (unpaired) electrons. The fraction of sp³-hybridized carbons (Fsp3) is 0.480. The van der Waals surface area contributed by atoms with Crippen molar-refractivity contribution in [2.75, 3.05) is 32.1 Å². The average Bonchev–Trinajstić information content (AvgIpc) is 2.86. The van der Waals surface area contributed by atoms with Gasteiger partial charge in [0.25, 0.3) is 11.8 Å². The minimum atomic E-state index is -0.511. The molecule has 0 bridgehead atoms. The lowest BCUT2D eigenvalue weighted by molar-refractivity contribution is 0.0368. The van der Waals surface area contributed by atoms with Crippen molar-refractivity contribution in [3.05, 3.63) is 48.0 Å². The summed E-state index contributed by atoms with van der Waals surface area (Å²) in [5, 5.41) is 15.4. The van der Waals surface area contributed by atoms with Crippen molar-refractivity contribution in [3.63, 3.8) is 0 Å². The van der Waals surface area contributed by atoms with E-state index in [9.17, 15) is 19.5 Å². The molecule has 3 atom stereocenters. The number of nitrogens with one attached hydrogen (secondary N) is 2. The first-order chi connectivity index (χ1) is 17.1. The first kappa shape index (κ1) is 26.9. The Labute approximate surface area is 210 Å². The number of aliphatic hydroxyl groups is 1. The topological polar surface area (TPSA) is 137 Å². The number of fused-ring (bicyclic) bond motifs is 1. The van der Waals surface area contributed by atoms with Crippen molar-refractivity contribution in [1.82, 2.24) is 25.1 Å². The first-order valence-electron chi connectivity index (χ1n) is 11.9. The molecule has 1 aromatic heterocycles. The summed E-state index contributed by atoms with van der Waals surface area (Å²) in [5.41, 5.74) is 0.651. The van der Waals surface area contributed by atoms with Crippen LogP contribution in [0.1, 0.15) is 48.5 Å². The van der Waals surface area contributed by atoms with Crippen LogP contribution in [0.3, 0.4) is 0 Å². The van der Waals surface area contributed by atoms with Crippen molar-refractivity contribution in [1.29, 1.82) is 0 Å². The van der Waals surface area contributed by atoms with Gasteiger partial charge in [0.15, 0.2) is 5.75 Å². The summed E-state index contributed by atoms with van der Waals surface area (Å²) < 4.78 is 6.39. The number of carbonyl (C=O) groups is 3. The highest BCUT2D eigenvalue weighted by atomic mass is 16.5. The Hall–Kier alpha value is -3.73. The number of aromatic nitrogens is 2. The highest BCUT2D eigenvalue weighted by Crippen LogP contribution is 2.35. The molecule has 3 N–H and O–H groups in total. The quantitative estimate of drug-likeness (QED) is 0.531. The van der Waals surface area contributed by atoms with Crippen LogP contribution in [0.25, 0.3) is 0 Å². The van der Waals surface area contributed by atoms with Gasteiger partial charge in [0.1, 0.15) is 11.8 Å². The molecule has 1 aliphatic heterocycles. The molecule has 2 aromatic rings.